The van der Waals surface area contributed by atoms with Crippen LogP contribution in [-0.2, 0) is 14.3 Å². The van der Waals surface area contributed by atoms with Gasteiger partial charge in [0.15, 0.2) is 18.1 Å². The van der Waals surface area contributed by atoms with Gasteiger partial charge in [-0.05, 0) is 51.1 Å². The van der Waals surface area contributed by atoms with E-state index in [2.05, 4.69) is 5.32 Å². The molecule has 0 fully saturated rings. The molecule has 0 atom stereocenters. The largest absolute Gasteiger partial charge is 0.490 e. The fraction of sp³-hybridized carbons (Fsp3) is 0.318. The number of anilines is 1. The molecule has 0 aliphatic rings. The summed E-state index contributed by atoms with van der Waals surface area (Å²) in [6.07, 6.45) is 0. The molecule has 1 amide bonds. The molecule has 0 heterocycles. The van der Waals surface area contributed by atoms with Crippen LogP contribution in [0.1, 0.15) is 41.5 Å². The van der Waals surface area contributed by atoms with E-state index in [0.717, 1.165) is 0 Å². The van der Waals surface area contributed by atoms with Crippen molar-refractivity contribution in [1.29, 1.82) is 0 Å². The smallest absolute Gasteiger partial charge is 0.340 e. The lowest BCUT2D eigenvalue weighted by molar-refractivity contribution is -0.119. The van der Waals surface area contributed by atoms with Crippen molar-refractivity contribution in [3.63, 3.8) is 0 Å². The van der Waals surface area contributed by atoms with Gasteiger partial charge < -0.3 is 24.3 Å². The van der Waals surface area contributed by atoms with E-state index in [0.29, 0.717) is 24.7 Å². The van der Waals surface area contributed by atoms with Gasteiger partial charge in [-0.1, -0.05) is 12.1 Å². The summed E-state index contributed by atoms with van der Waals surface area (Å²) in [5.41, 5.74) is 0.713. The average Bonchev–Trinajstić information content (AvgIpc) is 2.74. The molecule has 0 saturated carbocycles. The van der Waals surface area contributed by atoms with Gasteiger partial charge in [0.05, 0.1) is 36.6 Å². The predicted molar refractivity (Wildman–Crippen MR) is 110 cm³/mol. The molecular weight excluding hydrogens is 390 g/mol. The molecule has 0 bridgehead atoms. The highest BCUT2D eigenvalue weighted by molar-refractivity contribution is 6.02. The number of hydrogen-bond acceptors (Lipinski definition) is 7. The van der Waals surface area contributed by atoms with Crippen molar-refractivity contribution in [3.8, 4) is 11.5 Å². The van der Waals surface area contributed by atoms with Crippen LogP contribution in [0, 0.1) is 0 Å². The molecule has 0 saturated heterocycles. The Morgan fingerprint density at radius 1 is 0.800 bits per heavy atom. The molecule has 2 aromatic rings. The topological polar surface area (TPSA) is 100 Å². The number of benzene rings is 2. The second-order valence-corrected chi connectivity index (χ2v) is 5.92. The van der Waals surface area contributed by atoms with Gasteiger partial charge in [0.2, 0.25) is 0 Å². The Kier molecular flexibility index (Phi) is 8.68. The maximum absolute atomic E-state index is 12.3. The monoisotopic (exact) mass is 415 g/mol. The van der Waals surface area contributed by atoms with Crippen LogP contribution >= 0.6 is 0 Å². The maximum Gasteiger partial charge on any atom is 0.340 e. The lowest BCUT2D eigenvalue weighted by Crippen LogP contribution is -2.22. The normalized spacial score (nSPS) is 10.1. The highest BCUT2D eigenvalue weighted by Crippen LogP contribution is 2.28. The van der Waals surface area contributed by atoms with Crippen LogP contribution in [0.15, 0.2) is 42.5 Å². The molecular formula is C22H25NO7. The molecule has 8 nitrogen and oxygen atoms in total. The molecule has 30 heavy (non-hydrogen) atoms. The summed E-state index contributed by atoms with van der Waals surface area (Å²) < 4.78 is 21.0. The third kappa shape index (κ3) is 6.23. The van der Waals surface area contributed by atoms with E-state index in [1.165, 1.54) is 18.2 Å². The zero-order chi connectivity index (χ0) is 21.9. The minimum absolute atomic E-state index is 0.213. The summed E-state index contributed by atoms with van der Waals surface area (Å²) in [5, 5.41) is 2.55. The van der Waals surface area contributed by atoms with E-state index >= 15 is 0 Å². The molecule has 0 unspecified atom stereocenters. The second-order valence-electron chi connectivity index (χ2n) is 5.92. The van der Waals surface area contributed by atoms with Crippen molar-refractivity contribution in [2.45, 2.75) is 20.8 Å². The third-order valence-electron chi connectivity index (χ3n) is 3.81. The highest BCUT2D eigenvalue weighted by Gasteiger charge is 2.17. The van der Waals surface area contributed by atoms with Crippen molar-refractivity contribution in [3.05, 3.63) is 53.6 Å². The van der Waals surface area contributed by atoms with E-state index in [9.17, 15) is 14.4 Å². The molecule has 2 aromatic carbocycles. The summed E-state index contributed by atoms with van der Waals surface area (Å²) in [4.78, 5) is 36.5. The molecule has 0 spiro atoms. The Morgan fingerprint density at radius 2 is 1.50 bits per heavy atom. The van der Waals surface area contributed by atoms with Gasteiger partial charge >= 0.3 is 11.9 Å². The number of carbonyl (C=O) groups excluding carboxylic acids is 3. The van der Waals surface area contributed by atoms with Gasteiger partial charge in [-0.25, -0.2) is 9.59 Å². The number of amides is 1. The SMILES string of the molecule is CCOC(=O)c1ccccc1NC(=O)COC(=O)c1ccc(OCC)c(OCC)c1. The van der Waals surface area contributed by atoms with Crippen LogP contribution in [0.25, 0.3) is 0 Å². The average molecular weight is 415 g/mol. The van der Waals surface area contributed by atoms with Crippen molar-refractivity contribution in [2.75, 3.05) is 31.7 Å². The number of hydrogen-bond donors (Lipinski definition) is 1. The minimum atomic E-state index is -0.687. The molecule has 2 rings (SSSR count). The summed E-state index contributed by atoms with van der Waals surface area (Å²) in [6.45, 7) is 5.90. The van der Waals surface area contributed by atoms with Crippen LogP contribution in [-0.4, -0.2) is 44.3 Å². The Hall–Kier alpha value is -3.55. The first-order valence-electron chi connectivity index (χ1n) is 9.62. The van der Waals surface area contributed by atoms with Crippen molar-refractivity contribution in [2.24, 2.45) is 0 Å². The maximum atomic E-state index is 12.3. The second kappa shape index (κ2) is 11.5. The lowest BCUT2D eigenvalue weighted by Gasteiger charge is -2.13. The number of esters is 2. The quantitative estimate of drug-likeness (QED) is 0.593. The van der Waals surface area contributed by atoms with Crippen LogP contribution in [0.2, 0.25) is 0 Å². The Bertz CT molecular complexity index is 895. The van der Waals surface area contributed by atoms with Gasteiger partial charge in [-0.2, -0.15) is 0 Å². The summed E-state index contributed by atoms with van der Waals surface area (Å²) in [6, 6.07) is 11.1. The summed E-state index contributed by atoms with van der Waals surface area (Å²) >= 11 is 0. The van der Waals surface area contributed by atoms with Gasteiger partial charge in [-0.15, -0.1) is 0 Å². The molecule has 0 radical (unpaired) electrons. The summed E-state index contributed by atoms with van der Waals surface area (Å²) in [5.74, 6) is -0.891. The van der Waals surface area contributed by atoms with Crippen molar-refractivity contribution in [1.82, 2.24) is 0 Å². The van der Waals surface area contributed by atoms with Crippen molar-refractivity contribution >= 4 is 23.5 Å². The first-order chi connectivity index (χ1) is 14.5. The molecule has 0 aliphatic carbocycles. The standard InChI is InChI=1S/C22H25NO7/c1-4-27-18-12-11-15(13-19(18)28-5-2)21(25)30-14-20(24)23-17-10-8-7-9-16(17)22(26)29-6-3/h7-13H,4-6,14H2,1-3H3,(H,23,24). The predicted octanol–water partition coefficient (Wildman–Crippen LogP) is 3.46. The fourth-order valence-electron chi connectivity index (χ4n) is 2.56. The zero-order valence-electron chi connectivity index (χ0n) is 17.2. The van der Waals surface area contributed by atoms with Crippen LogP contribution < -0.4 is 14.8 Å². The number of carbonyl (C=O) groups is 3. The van der Waals surface area contributed by atoms with Gasteiger partial charge in [0, 0.05) is 0 Å². The zero-order valence-corrected chi connectivity index (χ0v) is 17.2. The number of para-hydroxylation sites is 1. The molecule has 1 N–H and O–H groups in total. The number of rotatable bonds is 10. The first kappa shape index (κ1) is 22.7. The van der Waals surface area contributed by atoms with Gasteiger partial charge in [-0.3, -0.25) is 4.79 Å². The number of nitrogens with one attached hydrogen (secondary N) is 1. The highest BCUT2D eigenvalue weighted by atomic mass is 16.5. The van der Waals surface area contributed by atoms with E-state index in [1.807, 2.05) is 13.8 Å². The fourth-order valence-corrected chi connectivity index (χ4v) is 2.56. The van der Waals surface area contributed by atoms with Crippen LogP contribution in [0.3, 0.4) is 0 Å². The first-order valence-corrected chi connectivity index (χ1v) is 9.62. The summed E-state index contributed by atoms with van der Waals surface area (Å²) in [7, 11) is 0. The van der Waals surface area contributed by atoms with Crippen molar-refractivity contribution < 1.29 is 33.3 Å². The van der Waals surface area contributed by atoms with E-state index in [-0.39, 0.29) is 23.4 Å². The van der Waals surface area contributed by atoms with E-state index in [1.54, 1.807) is 31.2 Å². The number of ether oxygens (including phenoxy) is 4. The van der Waals surface area contributed by atoms with Gasteiger partial charge in [0.1, 0.15) is 0 Å². The third-order valence-corrected chi connectivity index (χ3v) is 3.81. The van der Waals surface area contributed by atoms with E-state index in [4.69, 9.17) is 18.9 Å². The Labute approximate surface area is 175 Å². The Morgan fingerprint density at radius 3 is 2.20 bits per heavy atom. The minimum Gasteiger partial charge on any atom is -0.490 e. The lowest BCUT2D eigenvalue weighted by atomic mass is 10.2. The molecule has 8 heteroatoms. The molecule has 160 valence electrons. The molecule has 0 aliphatic heterocycles. The molecule has 0 aromatic heterocycles. The van der Waals surface area contributed by atoms with E-state index < -0.39 is 24.5 Å². The Balaban J connectivity index is 2.01. The van der Waals surface area contributed by atoms with Crippen LogP contribution in [0.5, 0.6) is 11.5 Å². The van der Waals surface area contributed by atoms with Crippen LogP contribution in [0.4, 0.5) is 5.69 Å². The van der Waals surface area contributed by atoms with Gasteiger partial charge in [0.25, 0.3) is 5.91 Å².